The summed E-state index contributed by atoms with van der Waals surface area (Å²) in [5, 5.41) is 1.21. The van der Waals surface area contributed by atoms with Crippen LogP contribution in [0.3, 0.4) is 0 Å². The molecule has 1 aromatic heterocycles. The third-order valence-corrected chi connectivity index (χ3v) is 5.99. The first-order chi connectivity index (χ1) is 13.5. The van der Waals surface area contributed by atoms with Crippen molar-refractivity contribution in [1.82, 2.24) is 4.57 Å². The Bertz CT molecular complexity index is 995. The second-order valence-corrected chi connectivity index (χ2v) is 8.20. The van der Waals surface area contributed by atoms with Crippen LogP contribution >= 0.6 is 0 Å². The fourth-order valence-electron chi connectivity index (χ4n) is 4.72. The molecule has 1 saturated carbocycles. The lowest BCUT2D eigenvalue weighted by Gasteiger charge is -2.25. The number of methoxy groups -OCH3 is 1. The Labute approximate surface area is 167 Å². The zero-order chi connectivity index (χ0) is 19.8. The summed E-state index contributed by atoms with van der Waals surface area (Å²) >= 11 is 0. The number of hydrogen-bond donors (Lipinski definition) is 0. The molecule has 1 fully saturated rings. The maximum atomic E-state index is 14.0. The smallest absolute Gasteiger partial charge is 0.128 e. The minimum Gasteiger partial charge on any atom is -0.496 e. The lowest BCUT2D eigenvalue weighted by Crippen LogP contribution is -2.10. The Morgan fingerprint density at radius 3 is 2.61 bits per heavy atom. The van der Waals surface area contributed by atoms with Crippen LogP contribution in [0.4, 0.5) is 4.39 Å². The maximum Gasteiger partial charge on any atom is 0.128 e. The van der Waals surface area contributed by atoms with Crippen LogP contribution in [0.1, 0.15) is 68.2 Å². The Balaban J connectivity index is 2.08. The monoisotopic (exact) mass is 378 g/mol. The Morgan fingerprint density at radius 1 is 1.14 bits per heavy atom. The number of ether oxygens (including phenoxy) is 1. The van der Waals surface area contributed by atoms with E-state index in [-0.39, 0.29) is 5.82 Å². The van der Waals surface area contributed by atoms with Crippen LogP contribution in [0.15, 0.2) is 36.4 Å². The Morgan fingerprint density at radius 2 is 1.96 bits per heavy atom. The molecular formula is C25H29FNO. The molecule has 4 rings (SSSR count). The van der Waals surface area contributed by atoms with Gasteiger partial charge in [0.2, 0.25) is 0 Å². The van der Waals surface area contributed by atoms with Gasteiger partial charge in [0.05, 0.1) is 12.6 Å². The van der Waals surface area contributed by atoms with Crippen molar-refractivity contribution in [3.63, 3.8) is 0 Å². The van der Waals surface area contributed by atoms with E-state index in [1.165, 1.54) is 42.3 Å². The fourth-order valence-corrected chi connectivity index (χ4v) is 4.72. The molecule has 0 spiro atoms. The van der Waals surface area contributed by atoms with E-state index in [4.69, 9.17) is 4.74 Å². The summed E-state index contributed by atoms with van der Waals surface area (Å²) in [6.07, 6.45) is 7.37. The Kier molecular flexibility index (Phi) is 5.18. The van der Waals surface area contributed by atoms with Crippen LogP contribution in [0.25, 0.3) is 16.6 Å². The van der Waals surface area contributed by atoms with Crippen LogP contribution in [-0.4, -0.2) is 11.7 Å². The molecule has 1 aliphatic carbocycles. The Hall–Kier alpha value is -2.29. The van der Waals surface area contributed by atoms with Gasteiger partial charge in [0.15, 0.2) is 0 Å². The van der Waals surface area contributed by atoms with Crippen molar-refractivity contribution in [3.8, 4) is 11.4 Å². The van der Waals surface area contributed by atoms with Crippen molar-refractivity contribution < 1.29 is 9.13 Å². The van der Waals surface area contributed by atoms with Gasteiger partial charge >= 0.3 is 0 Å². The average Bonchev–Trinajstić information content (AvgIpc) is 3.06. The van der Waals surface area contributed by atoms with E-state index in [1.54, 1.807) is 13.2 Å². The summed E-state index contributed by atoms with van der Waals surface area (Å²) in [5.41, 5.74) is 5.53. The molecule has 0 saturated heterocycles. The largest absolute Gasteiger partial charge is 0.496 e. The molecule has 0 N–H and O–H groups in total. The van der Waals surface area contributed by atoms with Crippen molar-refractivity contribution in [3.05, 3.63) is 65.5 Å². The van der Waals surface area contributed by atoms with E-state index >= 15 is 0 Å². The average molecular weight is 379 g/mol. The van der Waals surface area contributed by atoms with Crippen molar-refractivity contribution >= 4 is 10.9 Å². The fraction of sp³-hybridized carbons (Fsp3) is 0.400. The number of fused-ring (bicyclic) bond motifs is 1. The SMILES string of the molecule is COc1cccc2c1c(C1[CH]CCCC1)c(C(C)C)n2-c1ccc(F)c(C)c1. The van der Waals surface area contributed by atoms with Crippen LogP contribution in [0, 0.1) is 19.2 Å². The molecule has 1 aliphatic rings. The van der Waals surface area contributed by atoms with E-state index in [1.807, 2.05) is 25.1 Å². The summed E-state index contributed by atoms with van der Waals surface area (Å²) in [7, 11) is 1.75. The number of aromatic nitrogens is 1. The molecule has 0 amide bonds. The van der Waals surface area contributed by atoms with Gasteiger partial charge in [-0.2, -0.15) is 0 Å². The summed E-state index contributed by atoms with van der Waals surface area (Å²) in [6.45, 7) is 6.33. The highest BCUT2D eigenvalue weighted by atomic mass is 19.1. The van der Waals surface area contributed by atoms with Crippen molar-refractivity contribution in [2.45, 2.75) is 58.3 Å². The number of hydrogen-bond acceptors (Lipinski definition) is 1. The van der Waals surface area contributed by atoms with Gasteiger partial charge in [-0.3, -0.25) is 0 Å². The molecule has 3 heteroatoms. The van der Waals surface area contributed by atoms with E-state index in [9.17, 15) is 4.39 Å². The molecule has 2 aromatic carbocycles. The lowest BCUT2D eigenvalue weighted by molar-refractivity contribution is 0.419. The number of rotatable bonds is 4. The molecule has 1 radical (unpaired) electrons. The number of nitrogens with zero attached hydrogens (tertiary/aromatic N) is 1. The number of benzene rings is 2. The van der Waals surface area contributed by atoms with Gasteiger partial charge in [-0.05, 0) is 79.5 Å². The molecule has 3 aromatic rings. The van der Waals surface area contributed by atoms with Crippen molar-refractivity contribution in [2.75, 3.05) is 7.11 Å². The van der Waals surface area contributed by atoms with Crippen LogP contribution in [0.2, 0.25) is 0 Å². The van der Waals surface area contributed by atoms with Gasteiger partial charge in [0.1, 0.15) is 11.6 Å². The minimum absolute atomic E-state index is 0.162. The number of halogens is 1. The lowest BCUT2D eigenvalue weighted by atomic mass is 9.81. The molecule has 1 atom stereocenters. The standard InChI is InChI=1S/C25H29FNO/c1-16(2)25-23(18-9-6-5-7-10-18)24-21(11-8-12-22(24)28-4)27(25)19-13-14-20(26)17(3)15-19/h8-9,11-16,18H,5-7,10H2,1-4H3. The first kappa shape index (κ1) is 19.0. The van der Waals surface area contributed by atoms with Gasteiger partial charge in [-0.25, -0.2) is 4.39 Å². The highest BCUT2D eigenvalue weighted by Gasteiger charge is 2.29. The number of aryl methyl sites for hydroxylation is 1. The minimum atomic E-state index is -0.162. The summed E-state index contributed by atoms with van der Waals surface area (Å²) in [5.74, 6) is 1.54. The first-order valence-electron chi connectivity index (χ1n) is 10.3. The predicted molar refractivity (Wildman–Crippen MR) is 114 cm³/mol. The van der Waals surface area contributed by atoms with Crippen molar-refractivity contribution in [1.29, 1.82) is 0 Å². The maximum absolute atomic E-state index is 14.0. The van der Waals surface area contributed by atoms with Crippen LogP contribution in [-0.2, 0) is 0 Å². The molecular weight excluding hydrogens is 349 g/mol. The predicted octanol–water partition coefficient (Wildman–Crippen LogP) is 7.07. The second-order valence-electron chi connectivity index (χ2n) is 8.20. The normalized spacial score (nSPS) is 15.5. The van der Waals surface area contributed by atoms with E-state index < -0.39 is 0 Å². The topological polar surface area (TPSA) is 14.2 Å². The third kappa shape index (κ3) is 3.11. The zero-order valence-electron chi connectivity index (χ0n) is 17.3. The third-order valence-electron chi connectivity index (χ3n) is 5.99. The van der Waals surface area contributed by atoms with Crippen LogP contribution in [0.5, 0.6) is 5.75 Å². The quantitative estimate of drug-likeness (QED) is 0.473. The van der Waals surface area contributed by atoms with E-state index in [2.05, 4.69) is 37.0 Å². The van der Waals surface area contributed by atoms with Gasteiger partial charge in [-0.1, -0.05) is 32.8 Å². The summed E-state index contributed by atoms with van der Waals surface area (Å²) in [6, 6.07) is 11.7. The van der Waals surface area contributed by atoms with Gasteiger partial charge in [0.25, 0.3) is 0 Å². The first-order valence-corrected chi connectivity index (χ1v) is 10.3. The highest BCUT2D eigenvalue weighted by Crippen LogP contribution is 2.46. The van der Waals surface area contributed by atoms with E-state index in [0.717, 1.165) is 17.0 Å². The molecule has 2 nitrogen and oxygen atoms in total. The van der Waals surface area contributed by atoms with E-state index in [0.29, 0.717) is 17.4 Å². The molecule has 1 unspecified atom stereocenters. The van der Waals surface area contributed by atoms with Crippen LogP contribution < -0.4 is 4.74 Å². The van der Waals surface area contributed by atoms with Gasteiger partial charge in [0, 0.05) is 16.8 Å². The summed E-state index contributed by atoms with van der Waals surface area (Å²) < 4.78 is 22.1. The van der Waals surface area contributed by atoms with Gasteiger partial charge < -0.3 is 9.30 Å². The zero-order valence-corrected chi connectivity index (χ0v) is 17.3. The van der Waals surface area contributed by atoms with Gasteiger partial charge in [-0.15, -0.1) is 0 Å². The molecule has 0 aliphatic heterocycles. The van der Waals surface area contributed by atoms with Crippen molar-refractivity contribution in [2.24, 2.45) is 0 Å². The summed E-state index contributed by atoms with van der Waals surface area (Å²) in [4.78, 5) is 0. The highest BCUT2D eigenvalue weighted by molar-refractivity contribution is 5.93. The molecule has 1 heterocycles. The second kappa shape index (κ2) is 7.62. The molecule has 147 valence electrons. The molecule has 28 heavy (non-hydrogen) atoms. The molecule has 0 bridgehead atoms.